The molecule has 1 aromatic carbocycles. The molecule has 0 aliphatic heterocycles. The molecular weight excluding hydrogens is 219 g/mol. The highest BCUT2D eigenvalue weighted by atomic mass is 19.1. The molecule has 17 heavy (non-hydrogen) atoms. The maximum atomic E-state index is 13.2. The Morgan fingerprint density at radius 2 is 2.06 bits per heavy atom. The summed E-state index contributed by atoms with van der Waals surface area (Å²) < 4.78 is 13.2. The molecule has 4 heteroatoms. The monoisotopic (exact) mass is 238 g/mol. The summed E-state index contributed by atoms with van der Waals surface area (Å²) in [5.41, 5.74) is 0.638. The lowest BCUT2D eigenvalue weighted by atomic mass is 10.1. The minimum absolute atomic E-state index is 0.00212. The van der Waals surface area contributed by atoms with Crippen molar-refractivity contribution in [3.05, 3.63) is 35.6 Å². The molecule has 94 valence electrons. The van der Waals surface area contributed by atoms with E-state index in [-0.39, 0.29) is 11.7 Å². The van der Waals surface area contributed by atoms with Gasteiger partial charge in [-0.3, -0.25) is 4.79 Å². The van der Waals surface area contributed by atoms with Crippen LogP contribution >= 0.6 is 0 Å². The Morgan fingerprint density at radius 3 is 2.76 bits per heavy atom. The number of nitrogens with one attached hydrogen (secondary N) is 2. The fourth-order valence-corrected chi connectivity index (χ4v) is 1.50. The number of amides is 1. The van der Waals surface area contributed by atoms with Crippen LogP contribution in [-0.2, 0) is 11.2 Å². The van der Waals surface area contributed by atoms with Gasteiger partial charge in [0.05, 0.1) is 0 Å². The van der Waals surface area contributed by atoms with Gasteiger partial charge in [0, 0.05) is 19.5 Å². The fraction of sp³-hybridized carbons (Fsp3) is 0.462. The Labute approximate surface area is 101 Å². The van der Waals surface area contributed by atoms with E-state index in [0.29, 0.717) is 31.5 Å². The molecule has 0 saturated heterocycles. The quantitative estimate of drug-likeness (QED) is 0.707. The largest absolute Gasteiger partial charge is 0.356 e. The van der Waals surface area contributed by atoms with Crippen LogP contribution in [0, 0.1) is 5.82 Å². The molecule has 0 aliphatic rings. The van der Waals surface area contributed by atoms with Crippen molar-refractivity contribution in [3.8, 4) is 0 Å². The van der Waals surface area contributed by atoms with E-state index in [1.165, 1.54) is 6.07 Å². The number of carbonyl (C=O) groups is 1. The lowest BCUT2D eigenvalue weighted by Crippen LogP contribution is -2.29. The van der Waals surface area contributed by atoms with Crippen LogP contribution in [0.2, 0.25) is 0 Å². The fourth-order valence-electron chi connectivity index (χ4n) is 1.50. The molecule has 1 amide bonds. The Balaban J connectivity index is 2.19. The van der Waals surface area contributed by atoms with E-state index >= 15 is 0 Å². The van der Waals surface area contributed by atoms with Crippen molar-refractivity contribution in [2.24, 2.45) is 0 Å². The van der Waals surface area contributed by atoms with Gasteiger partial charge in [0.25, 0.3) is 0 Å². The zero-order valence-corrected chi connectivity index (χ0v) is 10.1. The van der Waals surface area contributed by atoms with Gasteiger partial charge in [0.15, 0.2) is 0 Å². The van der Waals surface area contributed by atoms with Gasteiger partial charge in [0.1, 0.15) is 5.82 Å². The third-order valence-electron chi connectivity index (χ3n) is 2.45. The molecule has 0 saturated carbocycles. The number of hydrogen-bond acceptors (Lipinski definition) is 2. The van der Waals surface area contributed by atoms with E-state index in [1.54, 1.807) is 18.2 Å². The molecule has 2 N–H and O–H groups in total. The smallest absolute Gasteiger partial charge is 0.221 e. The second kappa shape index (κ2) is 7.79. The third kappa shape index (κ3) is 5.45. The van der Waals surface area contributed by atoms with Gasteiger partial charge >= 0.3 is 0 Å². The molecule has 1 rings (SSSR count). The normalized spacial score (nSPS) is 10.2. The van der Waals surface area contributed by atoms with E-state index in [4.69, 9.17) is 0 Å². The van der Waals surface area contributed by atoms with Gasteiger partial charge in [-0.25, -0.2) is 4.39 Å². The molecule has 0 unspecified atom stereocenters. The lowest BCUT2D eigenvalue weighted by molar-refractivity contribution is -0.120. The molecule has 0 aliphatic carbocycles. The number of rotatable bonds is 7. The minimum atomic E-state index is -0.214. The molecule has 0 radical (unpaired) electrons. The van der Waals surface area contributed by atoms with Crippen LogP contribution in [-0.4, -0.2) is 25.5 Å². The van der Waals surface area contributed by atoms with Crippen LogP contribution in [0.1, 0.15) is 18.9 Å². The Bertz CT molecular complexity index is 355. The van der Waals surface area contributed by atoms with Crippen LogP contribution in [0.5, 0.6) is 0 Å². The lowest BCUT2D eigenvalue weighted by Gasteiger charge is -2.06. The molecule has 0 aromatic heterocycles. The molecule has 0 heterocycles. The van der Waals surface area contributed by atoms with Crippen molar-refractivity contribution in [3.63, 3.8) is 0 Å². The first-order chi connectivity index (χ1) is 8.24. The van der Waals surface area contributed by atoms with E-state index in [1.807, 2.05) is 6.92 Å². The number of halogens is 1. The highest BCUT2D eigenvalue weighted by molar-refractivity contribution is 5.76. The summed E-state index contributed by atoms with van der Waals surface area (Å²) in [7, 11) is 0. The molecule has 0 fully saturated rings. The van der Waals surface area contributed by atoms with Crippen molar-refractivity contribution in [1.29, 1.82) is 0 Å². The zero-order valence-electron chi connectivity index (χ0n) is 10.1. The maximum absolute atomic E-state index is 13.2. The van der Waals surface area contributed by atoms with Crippen LogP contribution in [0.25, 0.3) is 0 Å². The van der Waals surface area contributed by atoms with Crippen LogP contribution < -0.4 is 10.6 Å². The average Bonchev–Trinajstić information content (AvgIpc) is 2.32. The molecule has 0 bridgehead atoms. The van der Waals surface area contributed by atoms with Gasteiger partial charge in [-0.2, -0.15) is 0 Å². The Hall–Kier alpha value is -1.42. The highest BCUT2D eigenvalue weighted by Crippen LogP contribution is 2.05. The maximum Gasteiger partial charge on any atom is 0.221 e. The predicted molar refractivity (Wildman–Crippen MR) is 66.3 cm³/mol. The molecule has 3 nitrogen and oxygen atoms in total. The summed E-state index contributed by atoms with van der Waals surface area (Å²) in [4.78, 5) is 11.3. The van der Waals surface area contributed by atoms with Crippen LogP contribution in [0.15, 0.2) is 24.3 Å². The van der Waals surface area contributed by atoms with Crippen molar-refractivity contribution in [2.45, 2.75) is 19.8 Å². The highest BCUT2D eigenvalue weighted by Gasteiger charge is 2.02. The van der Waals surface area contributed by atoms with Crippen molar-refractivity contribution in [2.75, 3.05) is 19.6 Å². The van der Waals surface area contributed by atoms with Crippen LogP contribution in [0.4, 0.5) is 4.39 Å². The first-order valence-electron chi connectivity index (χ1n) is 5.95. The van der Waals surface area contributed by atoms with Gasteiger partial charge in [-0.15, -0.1) is 0 Å². The Kier molecular flexibility index (Phi) is 6.25. The molecular formula is C13H19FN2O. The summed E-state index contributed by atoms with van der Waals surface area (Å²) in [5.74, 6) is -0.211. The standard InChI is InChI=1S/C13H19FN2O/c1-2-15-9-8-13(17)16-10-7-11-5-3-4-6-12(11)14/h3-6,15H,2,7-10H2,1H3,(H,16,17). The summed E-state index contributed by atoms with van der Waals surface area (Å²) in [6, 6.07) is 6.63. The van der Waals surface area contributed by atoms with Gasteiger partial charge < -0.3 is 10.6 Å². The van der Waals surface area contributed by atoms with Crippen molar-refractivity contribution < 1.29 is 9.18 Å². The summed E-state index contributed by atoms with van der Waals surface area (Å²) in [6.45, 7) is 4.02. The average molecular weight is 238 g/mol. The van der Waals surface area contributed by atoms with Crippen molar-refractivity contribution >= 4 is 5.91 Å². The summed E-state index contributed by atoms with van der Waals surface area (Å²) >= 11 is 0. The number of benzene rings is 1. The number of carbonyl (C=O) groups excluding carboxylic acids is 1. The summed E-state index contributed by atoms with van der Waals surface area (Å²) in [6.07, 6.45) is 0.991. The van der Waals surface area contributed by atoms with Gasteiger partial charge in [-0.05, 0) is 24.6 Å². The van der Waals surface area contributed by atoms with Crippen LogP contribution in [0.3, 0.4) is 0 Å². The third-order valence-corrected chi connectivity index (χ3v) is 2.45. The van der Waals surface area contributed by atoms with Crippen molar-refractivity contribution in [1.82, 2.24) is 10.6 Å². The number of hydrogen-bond donors (Lipinski definition) is 2. The SMILES string of the molecule is CCNCCC(=O)NCCc1ccccc1F. The predicted octanol–water partition coefficient (Wildman–Crippen LogP) is 1.48. The first kappa shape index (κ1) is 13.6. The zero-order chi connectivity index (χ0) is 12.5. The van der Waals surface area contributed by atoms with Gasteiger partial charge in [-0.1, -0.05) is 25.1 Å². The minimum Gasteiger partial charge on any atom is -0.356 e. The van der Waals surface area contributed by atoms with E-state index in [2.05, 4.69) is 10.6 Å². The van der Waals surface area contributed by atoms with Gasteiger partial charge in [0.2, 0.25) is 5.91 Å². The Morgan fingerprint density at radius 1 is 1.29 bits per heavy atom. The molecule has 0 atom stereocenters. The van der Waals surface area contributed by atoms with E-state index in [9.17, 15) is 9.18 Å². The summed E-state index contributed by atoms with van der Waals surface area (Å²) in [5, 5.41) is 5.85. The second-order valence-electron chi connectivity index (χ2n) is 3.79. The first-order valence-corrected chi connectivity index (χ1v) is 5.95. The molecule has 0 spiro atoms. The molecule has 1 aromatic rings. The topological polar surface area (TPSA) is 41.1 Å². The van der Waals surface area contributed by atoms with E-state index < -0.39 is 0 Å². The van der Waals surface area contributed by atoms with E-state index in [0.717, 1.165) is 6.54 Å². The second-order valence-corrected chi connectivity index (χ2v) is 3.79.